The molecule has 11 heteroatoms. The molecule has 0 unspecified atom stereocenters. The number of fused-ring (bicyclic) bond motifs is 1. The molecule has 5 rings (SSSR count). The SMILES string of the molecule is C[C@H]1CCCN(S(=O)(=O)c2ccc3c(c2)nc(SCc2ccc(C(F)(F)F)cc2)n3C[C@@H]2CCCO2)C1. The van der Waals surface area contributed by atoms with Gasteiger partial charge in [0.15, 0.2) is 5.16 Å². The molecule has 2 saturated heterocycles. The summed E-state index contributed by atoms with van der Waals surface area (Å²) in [7, 11) is -3.62. The van der Waals surface area contributed by atoms with E-state index in [-0.39, 0.29) is 11.0 Å². The second kappa shape index (κ2) is 10.6. The van der Waals surface area contributed by atoms with Crippen LogP contribution in [0.4, 0.5) is 13.2 Å². The van der Waals surface area contributed by atoms with E-state index < -0.39 is 21.8 Å². The van der Waals surface area contributed by atoms with Gasteiger partial charge in [-0.2, -0.15) is 17.5 Å². The first kappa shape index (κ1) is 26.5. The van der Waals surface area contributed by atoms with Gasteiger partial charge in [0, 0.05) is 25.4 Å². The highest BCUT2D eigenvalue weighted by molar-refractivity contribution is 7.98. The Labute approximate surface area is 219 Å². The normalized spacial score (nSPS) is 21.6. The fourth-order valence-electron chi connectivity index (χ4n) is 4.98. The van der Waals surface area contributed by atoms with Crippen molar-refractivity contribution in [2.75, 3.05) is 19.7 Å². The summed E-state index contributed by atoms with van der Waals surface area (Å²) >= 11 is 1.42. The number of aromatic nitrogens is 2. The van der Waals surface area contributed by atoms with Crippen LogP contribution in [0.5, 0.6) is 0 Å². The van der Waals surface area contributed by atoms with Gasteiger partial charge in [0.25, 0.3) is 0 Å². The molecule has 3 aromatic rings. The lowest BCUT2D eigenvalue weighted by atomic mass is 10.0. The van der Waals surface area contributed by atoms with Crippen molar-refractivity contribution in [3.63, 3.8) is 0 Å². The number of hydrogen-bond donors (Lipinski definition) is 0. The van der Waals surface area contributed by atoms with E-state index in [1.54, 1.807) is 22.5 Å². The standard InChI is InChI=1S/C26H30F3N3O3S2/c1-18-4-2-12-31(15-18)37(33,34)22-10-11-24-23(14-22)30-25(32(24)16-21-5-3-13-35-21)36-17-19-6-8-20(9-7-19)26(27,28)29/h6-11,14,18,21H,2-5,12-13,15-17H2,1H3/t18-,21-/m0/s1. The Morgan fingerprint density at radius 2 is 1.89 bits per heavy atom. The van der Waals surface area contributed by atoms with E-state index in [2.05, 4.69) is 6.92 Å². The zero-order valence-corrected chi connectivity index (χ0v) is 22.2. The highest BCUT2D eigenvalue weighted by atomic mass is 32.2. The zero-order valence-electron chi connectivity index (χ0n) is 20.6. The summed E-state index contributed by atoms with van der Waals surface area (Å²) in [6.45, 7) is 4.40. The first-order chi connectivity index (χ1) is 17.6. The molecule has 2 atom stereocenters. The molecule has 200 valence electrons. The number of alkyl halides is 3. The smallest absolute Gasteiger partial charge is 0.376 e. The van der Waals surface area contributed by atoms with Gasteiger partial charge in [-0.05, 0) is 67.5 Å². The molecule has 2 fully saturated rings. The van der Waals surface area contributed by atoms with Crippen LogP contribution in [0.3, 0.4) is 0 Å². The number of halogens is 3. The zero-order chi connectivity index (χ0) is 26.2. The van der Waals surface area contributed by atoms with Crippen LogP contribution in [0, 0.1) is 5.92 Å². The van der Waals surface area contributed by atoms with Gasteiger partial charge in [-0.15, -0.1) is 0 Å². The number of benzene rings is 2. The maximum absolute atomic E-state index is 13.3. The molecule has 0 radical (unpaired) electrons. The fraction of sp³-hybridized carbons (Fsp3) is 0.500. The highest BCUT2D eigenvalue weighted by Gasteiger charge is 2.31. The predicted octanol–water partition coefficient (Wildman–Crippen LogP) is 5.95. The molecule has 3 heterocycles. The Morgan fingerprint density at radius 3 is 2.57 bits per heavy atom. The molecular formula is C26H30F3N3O3S2. The van der Waals surface area contributed by atoms with Crippen molar-refractivity contribution < 1.29 is 26.3 Å². The van der Waals surface area contributed by atoms with Crippen LogP contribution in [0.2, 0.25) is 0 Å². The minimum atomic E-state index is -4.37. The Balaban J connectivity index is 1.43. The van der Waals surface area contributed by atoms with Gasteiger partial charge in [0.1, 0.15) is 0 Å². The topological polar surface area (TPSA) is 64.4 Å². The fourth-order valence-corrected chi connectivity index (χ4v) is 7.58. The average Bonchev–Trinajstić information content (AvgIpc) is 3.50. The second-order valence-electron chi connectivity index (χ2n) is 9.88. The first-order valence-corrected chi connectivity index (χ1v) is 14.9. The van der Waals surface area contributed by atoms with Crippen molar-refractivity contribution in [3.05, 3.63) is 53.6 Å². The van der Waals surface area contributed by atoms with E-state index in [0.717, 1.165) is 48.9 Å². The van der Waals surface area contributed by atoms with Crippen molar-refractivity contribution in [2.45, 2.75) is 67.2 Å². The van der Waals surface area contributed by atoms with Crippen LogP contribution >= 0.6 is 11.8 Å². The number of nitrogens with zero attached hydrogens (tertiary/aromatic N) is 3. The van der Waals surface area contributed by atoms with Crippen molar-refractivity contribution in [1.82, 2.24) is 13.9 Å². The lowest BCUT2D eigenvalue weighted by Crippen LogP contribution is -2.39. The minimum Gasteiger partial charge on any atom is -0.376 e. The molecule has 2 aliphatic heterocycles. The summed E-state index contributed by atoms with van der Waals surface area (Å²) in [6, 6.07) is 10.2. The van der Waals surface area contributed by atoms with E-state index >= 15 is 0 Å². The third kappa shape index (κ3) is 5.84. The van der Waals surface area contributed by atoms with Gasteiger partial charge in [-0.1, -0.05) is 30.8 Å². The molecule has 2 aromatic carbocycles. The lowest BCUT2D eigenvalue weighted by molar-refractivity contribution is -0.137. The number of piperidine rings is 1. The summed E-state index contributed by atoms with van der Waals surface area (Å²) in [5.74, 6) is 0.759. The second-order valence-corrected chi connectivity index (χ2v) is 12.8. The molecule has 0 amide bonds. The van der Waals surface area contributed by atoms with Crippen molar-refractivity contribution >= 4 is 32.8 Å². The van der Waals surface area contributed by atoms with E-state index in [1.807, 2.05) is 4.57 Å². The number of hydrogen-bond acceptors (Lipinski definition) is 5. The van der Waals surface area contributed by atoms with Crippen LogP contribution in [-0.4, -0.2) is 48.1 Å². The van der Waals surface area contributed by atoms with E-state index in [9.17, 15) is 21.6 Å². The Kier molecular flexibility index (Phi) is 7.59. The Morgan fingerprint density at radius 1 is 1.11 bits per heavy atom. The third-order valence-electron chi connectivity index (χ3n) is 7.00. The Hall–Kier alpha value is -2.08. The summed E-state index contributed by atoms with van der Waals surface area (Å²) in [4.78, 5) is 5.00. The first-order valence-electron chi connectivity index (χ1n) is 12.5. The Bertz CT molecular complexity index is 1350. The number of ether oxygens (including phenoxy) is 1. The van der Waals surface area contributed by atoms with Gasteiger partial charge in [-0.25, -0.2) is 13.4 Å². The van der Waals surface area contributed by atoms with Gasteiger partial charge < -0.3 is 9.30 Å². The van der Waals surface area contributed by atoms with Crippen LogP contribution in [0.1, 0.15) is 43.7 Å². The molecule has 0 N–H and O–H groups in total. The molecule has 1 aromatic heterocycles. The van der Waals surface area contributed by atoms with Crippen molar-refractivity contribution in [1.29, 1.82) is 0 Å². The number of sulfonamides is 1. The molecule has 37 heavy (non-hydrogen) atoms. The molecule has 0 saturated carbocycles. The molecule has 6 nitrogen and oxygen atoms in total. The summed E-state index contributed by atoms with van der Waals surface area (Å²) in [5.41, 5.74) is 1.47. The van der Waals surface area contributed by atoms with E-state index in [4.69, 9.17) is 9.72 Å². The molecule has 0 aliphatic carbocycles. The summed E-state index contributed by atoms with van der Waals surface area (Å²) < 4.78 is 74.9. The summed E-state index contributed by atoms with van der Waals surface area (Å²) in [6.07, 6.45) is -0.530. The molecule has 0 spiro atoms. The van der Waals surface area contributed by atoms with E-state index in [1.165, 1.54) is 23.9 Å². The van der Waals surface area contributed by atoms with Crippen molar-refractivity contribution in [3.8, 4) is 0 Å². The minimum absolute atomic E-state index is 0.0427. The van der Waals surface area contributed by atoms with Crippen LogP contribution in [0.25, 0.3) is 11.0 Å². The van der Waals surface area contributed by atoms with Gasteiger partial charge >= 0.3 is 6.18 Å². The monoisotopic (exact) mass is 553 g/mol. The quantitative estimate of drug-likeness (QED) is 0.339. The summed E-state index contributed by atoms with van der Waals surface area (Å²) in [5, 5.41) is 0.687. The third-order valence-corrected chi connectivity index (χ3v) is 9.91. The van der Waals surface area contributed by atoms with Crippen LogP contribution in [-0.2, 0) is 33.2 Å². The number of imidazole rings is 1. The largest absolute Gasteiger partial charge is 0.416 e. The molecular weight excluding hydrogens is 523 g/mol. The van der Waals surface area contributed by atoms with Gasteiger partial charge in [0.05, 0.1) is 34.1 Å². The average molecular weight is 554 g/mol. The van der Waals surface area contributed by atoms with E-state index in [0.29, 0.717) is 48.6 Å². The van der Waals surface area contributed by atoms with Crippen LogP contribution < -0.4 is 0 Å². The highest BCUT2D eigenvalue weighted by Crippen LogP contribution is 2.33. The molecule has 0 bridgehead atoms. The van der Waals surface area contributed by atoms with Gasteiger partial charge in [0.2, 0.25) is 10.0 Å². The maximum atomic E-state index is 13.3. The molecule has 2 aliphatic rings. The van der Waals surface area contributed by atoms with Crippen LogP contribution in [0.15, 0.2) is 52.5 Å². The predicted molar refractivity (Wildman–Crippen MR) is 137 cm³/mol. The number of rotatable bonds is 7. The number of thioether (sulfide) groups is 1. The van der Waals surface area contributed by atoms with Crippen molar-refractivity contribution in [2.24, 2.45) is 5.92 Å². The van der Waals surface area contributed by atoms with Gasteiger partial charge in [-0.3, -0.25) is 0 Å². The maximum Gasteiger partial charge on any atom is 0.416 e. The lowest BCUT2D eigenvalue weighted by Gasteiger charge is -2.30.